The van der Waals surface area contributed by atoms with Crippen molar-refractivity contribution in [2.75, 3.05) is 5.73 Å². The van der Waals surface area contributed by atoms with Crippen LogP contribution in [0.5, 0.6) is 0 Å². The summed E-state index contributed by atoms with van der Waals surface area (Å²) in [4.78, 5) is 20.0. The summed E-state index contributed by atoms with van der Waals surface area (Å²) in [5.41, 5.74) is 14.6. The molecule has 0 saturated heterocycles. The molecule has 0 aliphatic heterocycles. The monoisotopic (exact) mass is 268 g/mol. The number of rotatable bonds is 2. The van der Waals surface area contributed by atoms with E-state index in [4.69, 9.17) is 11.5 Å². The van der Waals surface area contributed by atoms with Crippen molar-refractivity contribution in [3.8, 4) is 0 Å². The summed E-state index contributed by atoms with van der Waals surface area (Å²) < 4.78 is 0. The maximum Gasteiger partial charge on any atom is 0.254 e. The number of hydrogen-bond acceptors (Lipinski definition) is 4. The summed E-state index contributed by atoms with van der Waals surface area (Å²) in [7, 11) is 0. The van der Waals surface area contributed by atoms with Crippen LogP contribution in [0.1, 0.15) is 38.9 Å². The second-order valence-corrected chi connectivity index (χ2v) is 5.17. The largest absolute Gasteiger partial charge is 0.383 e. The van der Waals surface area contributed by atoms with E-state index >= 15 is 0 Å². The molecule has 5 heteroatoms. The van der Waals surface area contributed by atoms with Crippen molar-refractivity contribution in [1.29, 1.82) is 0 Å². The highest BCUT2D eigenvalue weighted by molar-refractivity contribution is 5.98. The Kier molecular flexibility index (Phi) is 2.89. The first-order valence-corrected chi connectivity index (χ1v) is 6.57. The first-order valence-electron chi connectivity index (χ1n) is 6.57. The Morgan fingerprint density at radius 2 is 1.80 bits per heavy atom. The van der Waals surface area contributed by atoms with E-state index in [1.54, 1.807) is 6.92 Å². The van der Waals surface area contributed by atoms with Crippen LogP contribution in [0.4, 0.5) is 5.82 Å². The number of aromatic nitrogens is 2. The molecule has 0 fully saturated rings. The average molecular weight is 268 g/mol. The normalized spacial score (nSPS) is 14.2. The summed E-state index contributed by atoms with van der Waals surface area (Å²) in [5.74, 6) is 0.508. The van der Waals surface area contributed by atoms with Gasteiger partial charge in [-0.2, -0.15) is 0 Å². The minimum absolute atomic E-state index is 0.177. The summed E-state index contributed by atoms with van der Waals surface area (Å²) in [6.45, 7) is 1.74. The number of aryl methyl sites for hydroxylation is 1. The number of benzene rings is 1. The first kappa shape index (κ1) is 12.6. The Bertz CT molecular complexity index is 648. The molecule has 1 aromatic carbocycles. The van der Waals surface area contributed by atoms with E-state index in [2.05, 4.69) is 22.1 Å². The Hall–Kier alpha value is -2.43. The molecule has 0 unspecified atom stereocenters. The van der Waals surface area contributed by atoms with Crippen LogP contribution in [0.15, 0.2) is 24.3 Å². The predicted molar refractivity (Wildman–Crippen MR) is 76.3 cm³/mol. The average Bonchev–Trinajstić information content (AvgIpc) is 2.81. The molecule has 1 aromatic heterocycles. The van der Waals surface area contributed by atoms with Crippen LogP contribution in [-0.2, 0) is 12.8 Å². The van der Waals surface area contributed by atoms with E-state index in [0.29, 0.717) is 11.5 Å². The number of primary amides is 1. The van der Waals surface area contributed by atoms with Crippen molar-refractivity contribution >= 4 is 11.7 Å². The number of anilines is 1. The van der Waals surface area contributed by atoms with Gasteiger partial charge < -0.3 is 11.5 Å². The van der Waals surface area contributed by atoms with Gasteiger partial charge >= 0.3 is 0 Å². The highest BCUT2D eigenvalue weighted by Gasteiger charge is 2.26. The number of hydrogen-bond donors (Lipinski definition) is 2. The van der Waals surface area contributed by atoms with Gasteiger partial charge in [-0.15, -0.1) is 0 Å². The molecular weight excluding hydrogens is 252 g/mol. The Balaban J connectivity index is 1.96. The molecule has 20 heavy (non-hydrogen) atoms. The van der Waals surface area contributed by atoms with Crippen LogP contribution in [0.2, 0.25) is 0 Å². The number of carbonyl (C=O) groups is 1. The number of nitrogens with zero attached hydrogens (tertiary/aromatic N) is 2. The standard InChI is InChI=1S/C15H16N4O/c1-8-12(14(17)20)13(16)19-15(18-8)11-6-9-4-2-3-5-10(9)7-11/h2-5,11H,6-7H2,1H3,(H2,17,20)(H2,16,18,19). The fourth-order valence-electron chi connectivity index (χ4n) is 2.85. The third-order valence-electron chi connectivity index (χ3n) is 3.80. The smallest absolute Gasteiger partial charge is 0.254 e. The van der Waals surface area contributed by atoms with E-state index in [1.165, 1.54) is 11.1 Å². The predicted octanol–water partition coefficient (Wildman–Crippen LogP) is 1.35. The van der Waals surface area contributed by atoms with Crippen molar-refractivity contribution in [3.63, 3.8) is 0 Å². The summed E-state index contributed by atoms with van der Waals surface area (Å²) in [6, 6.07) is 8.34. The van der Waals surface area contributed by atoms with Crippen LogP contribution < -0.4 is 11.5 Å². The second-order valence-electron chi connectivity index (χ2n) is 5.17. The maximum atomic E-state index is 11.3. The number of fused-ring (bicyclic) bond motifs is 1. The maximum absolute atomic E-state index is 11.3. The van der Waals surface area contributed by atoms with E-state index in [-0.39, 0.29) is 17.3 Å². The van der Waals surface area contributed by atoms with Gasteiger partial charge in [-0.25, -0.2) is 9.97 Å². The lowest BCUT2D eigenvalue weighted by Crippen LogP contribution is -2.19. The fourth-order valence-corrected chi connectivity index (χ4v) is 2.85. The third-order valence-corrected chi connectivity index (χ3v) is 3.80. The molecule has 0 atom stereocenters. The molecule has 102 valence electrons. The molecular formula is C15H16N4O. The SMILES string of the molecule is Cc1nc(C2Cc3ccccc3C2)nc(N)c1C(N)=O. The molecule has 5 nitrogen and oxygen atoms in total. The minimum Gasteiger partial charge on any atom is -0.383 e. The van der Waals surface area contributed by atoms with Gasteiger partial charge in [0.2, 0.25) is 0 Å². The number of nitrogens with two attached hydrogens (primary N) is 2. The van der Waals surface area contributed by atoms with Gasteiger partial charge in [0.1, 0.15) is 17.2 Å². The van der Waals surface area contributed by atoms with E-state index in [9.17, 15) is 4.79 Å². The van der Waals surface area contributed by atoms with Gasteiger partial charge in [-0.3, -0.25) is 4.79 Å². The lowest BCUT2D eigenvalue weighted by Gasteiger charge is -2.12. The molecule has 1 amide bonds. The molecule has 4 N–H and O–H groups in total. The topological polar surface area (TPSA) is 94.9 Å². The van der Waals surface area contributed by atoms with Crippen LogP contribution in [0.3, 0.4) is 0 Å². The molecule has 0 saturated carbocycles. The van der Waals surface area contributed by atoms with Crippen molar-refractivity contribution in [2.45, 2.75) is 25.7 Å². The minimum atomic E-state index is -0.582. The van der Waals surface area contributed by atoms with Gasteiger partial charge in [0, 0.05) is 5.92 Å². The first-order chi connectivity index (χ1) is 9.56. The molecule has 0 radical (unpaired) electrons. The molecule has 3 rings (SSSR count). The van der Waals surface area contributed by atoms with Crippen LogP contribution in [0.25, 0.3) is 0 Å². The molecule has 1 aliphatic rings. The Morgan fingerprint density at radius 3 is 2.30 bits per heavy atom. The van der Waals surface area contributed by atoms with Crippen molar-refractivity contribution in [2.24, 2.45) is 5.73 Å². The van der Waals surface area contributed by atoms with Gasteiger partial charge in [0.25, 0.3) is 5.91 Å². The van der Waals surface area contributed by atoms with Gasteiger partial charge in [-0.05, 0) is 30.9 Å². The Morgan fingerprint density at radius 1 is 1.20 bits per heavy atom. The summed E-state index contributed by atoms with van der Waals surface area (Å²) in [5, 5.41) is 0. The van der Waals surface area contributed by atoms with Crippen LogP contribution in [-0.4, -0.2) is 15.9 Å². The molecule has 1 heterocycles. The fraction of sp³-hybridized carbons (Fsp3) is 0.267. The second kappa shape index (κ2) is 4.59. The number of nitrogen functional groups attached to an aromatic ring is 1. The lowest BCUT2D eigenvalue weighted by atomic mass is 10.0. The van der Waals surface area contributed by atoms with Crippen LogP contribution >= 0.6 is 0 Å². The third kappa shape index (κ3) is 2.01. The van der Waals surface area contributed by atoms with Gasteiger partial charge in [0.05, 0.1) is 5.69 Å². The molecule has 0 bridgehead atoms. The van der Waals surface area contributed by atoms with E-state index in [0.717, 1.165) is 12.8 Å². The quantitative estimate of drug-likeness (QED) is 0.859. The highest BCUT2D eigenvalue weighted by atomic mass is 16.1. The molecule has 2 aromatic rings. The van der Waals surface area contributed by atoms with Crippen molar-refractivity contribution in [1.82, 2.24) is 9.97 Å². The summed E-state index contributed by atoms with van der Waals surface area (Å²) >= 11 is 0. The van der Waals surface area contributed by atoms with Gasteiger partial charge in [-0.1, -0.05) is 24.3 Å². The Labute approximate surface area is 117 Å². The molecule has 0 spiro atoms. The van der Waals surface area contributed by atoms with Crippen LogP contribution in [0, 0.1) is 6.92 Å². The number of carbonyl (C=O) groups excluding carboxylic acids is 1. The highest BCUT2D eigenvalue weighted by Crippen LogP contribution is 2.32. The van der Waals surface area contributed by atoms with Gasteiger partial charge in [0.15, 0.2) is 0 Å². The lowest BCUT2D eigenvalue weighted by molar-refractivity contribution is 0.1000. The van der Waals surface area contributed by atoms with Crippen molar-refractivity contribution < 1.29 is 4.79 Å². The zero-order valence-corrected chi connectivity index (χ0v) is 11.3. The summed E-state index contributed by atoms with van der Waals surface area (Å²) in [6.07, 6.45) is 1.82. The molecule has 1 aliphatic carbocycles. The van der Waals surface area contributed by atoms with Crippen molar-refractivity contribution in [3.05, 3.63) is 52.5 Å². The zero-order chi connectivity index (χ0) is 14.3. The number of amides is 1. The zero-order valence-electron chi connectivity index (χ0n) is 11.3. The van der Waals surface area contributed by atoms with E-state index in [1.807, 2.05) is 12.1 Å². The van der Waals surface area contributed by atoms with E-state index < -0.39 is 5.91 Å².